The molecule has 3 aromatic heterocycles. The number of pyridine rings is 3. The number of nitro groups is 1. The summed E-state index contributed by atoms with van der Waals surface area (Å²) in [5.74, 6) is -2.18. The van der Waals surface area contributed by atoms with Crippen LogP contribution in [0.4, 0.5) is 25.0 Å². The van der Waals surface area contributed by atoms with Crippen LogP contribution in [-0.4, -0.2) is 80.6 Å². The van der Waals surface area contributed by atoms with Gasteiger partial charge in [0.1, 0.15) is 28.5 Å². The standard InChI is InChI=1S/C34H38F2N6O7/c1-18(2)26-28(19(3)11-12-37-26)41-31-21(15-23(36)27(38-31)25-22(35)9-8-10-24(25)48-7)29(30(32(41)44)42(46)47)40-14-13-39(16-20(40)17-43)33(45)49-34(4,5)6/h8-12,15,18,20,43H,13-14,16-17H2,1-7H3/t20-/m1/s1. The third-order valence-electron chi connectivity index (χ3n) is 8.22. The van der Waals surface area contributed by atoms with E-state index >= 15 is 8.78 Å². The van der Waals surface area contributed by atoms with Gasteiger partial charge in [-0.1, -0.05) is 19.9 Å². The zero-order valence-corrected chi connectivity index (χ0v) is 28.3. The van der Waals surface area contributed by atoms with Gasteiger partial charge in [0.05, 0.1) is 47.0 Å². The van der Waals surface area contributed by atoms with E-state index in [1.54, 1.807) is 40.0 Å². The van der Waals surface area contributed by atoms with Crippen LogP contribution in [0.5, 0.6) is 5.75 Å². The van der Waals surface area contributed by atoms with E-state index < -0.39 is 57.8 Å². The molecule has 49 heavy (non-hydrogen) atoms. The van der Waals surface area contributed by atoms with Crippen LogP contribution in [0.3, 0.4) is 0 Å². The highest BCUT2D eigenvalue weighted by Crippen LogP contribution is 2.41. The van der Waals surface area contributed by atoms with Crippen molar-refractivity contribution in [2.24, 2.45) is 0 Å². The van der Waals surface area contributed by atoms with Gasteiger partial charge in [0.2, 0.25) is 0 Å². The maximum Gasteiger partial charge on any atom is 0.410 e. The smallest absolute Gasteiger partial charge is 0.410 e. The van der Waals surface area contributed by atoms with Gasteiger partial charge < -0.3 is 24.4 Å². The predicted octanol–water partition coefficient (Wildman–Crippen LogP) is 5.49. The van der Waals surface area contributed by atoms with Gasteiger partial charge in [0, 0.05) is 25.8 Å². The van der Waals surface area contributed by atoms with Gasteiger partial charge in [-0.2, -0.15) is 0 Å². The lowest BCUT2D eigenvalue weighted by Crippen LogP contribution is -2.57. The number of carbonyl (C=O) groups is 1. The first-order chi connectivity index (χ1) is 23.1. The number of methoxy groups -OCH3 is 1. The molecule has 260 valence electrons. The Morgan fingerprint density at radius 1 is 1.16 bits per heavy atom. The van der Waals surface area contributed by atoms with E-state index in [9.17, 15) is 24.8 Å². The van der Waals surface area contributed by atoms with Crippen molar-refractivity contribution in [3.8, 4) is 22.7 Å². The topological polar surface area (TPSA) is 153 Å². The van der Waals surface area contributed by atoms with E-state index in [4.69, 9.17) is 9.47 Å². The van der Waals surface area contributed by atoms with Gasteiger partial charge >= 0.3 is 17.3 Å². The molecule has 4 aromatic rings. The summed E-state index contributed by atoms with van der Waals surface area (Å²) in [5, 5.41) is 23.2. The molecule has 1 fully saturated rings. The molecule has 4 heterocycles. The summed E-state index contributed by atoms with van der Waals surface area (Å²) < 4.78 is 43.5. The van der Waals surface area contributed by atoms with Crippen molar-refractivity contribution in [3.63, 3.8) is 0 Å². The number of carbonyl (C=O) groups excluding carboxylic acids is 1. The minimum atomic E-state index is -1.10. The number of halogens is 2. The second-order valence-electron chi connectivity index (χ2n) is 13.1. The Kier molecular flexibility index (Phi) is 9.59. The molecular formula is C34H38F2N6O7. The number of amides is 1. The fourth-order valence-corrected chi connectivity index (χ4v) is 6.08. The van der Waals surface area contributed by atoms with Crippen LogP contribution in [0.2, 0.25) is 0 Å². The van der Waals surface area contributed by atoms with Crippen molar-refractivity contribution in [2.75, 3.05) is 38.3 Å². The summed E-state index contributed by atoms with van der Waals surface area (Å²) >= 11 is 0. The van der Waals surface area contributed by atoms with Crippen molar-refractivity contribution in [1.82, 2.24) is 19.4 Å². The Bertz CT molecular complexity index is 2010. The van der Waals surface area contributed by atoms with Crippen LogP contribution in [0, 0.1) is 28.7 Å². The molecule has 1 aromatic carbocycles. The van der Waals surface area contributed by atoms with Crippen molar-refractivity contribution in [2.45, 2.75) is 59.1 Å². The number of ether oxygens (including phenoxy) is 2. The van der Waals surface area contributed by atoms with Gasteiger partial charge in [-0.05, 0) is 63.4 Å². The zero-order valence-electron chi connectivity index (χ0n) is 28.3. The second kappa shape index (κ2) is 13.4. The Labute approximate surface area is 280 Å². The molecule has 0 bridgehead atoms. The Morgan fingerprint density at radius 3 is 2.49 bits per heavy atom. The van der Waals surface area contributed by atoms with Crippen LogP contribution in [0.1, 0.15) is 51.8 Å². The van der Waals surface area contributed by atoms with E-state index in [0.717, 1.165) is 16.7 Å². The molecule has 1 aliphatic heterocycles. The number of anilines is 1. The number of benzene rings is 1. The highest BCUT2D eigenvalue weighted by Gasteiger charge is 2.39. The highest BCUT2D eigenvalue weighted by atomic mass is 19.1. The van der Waals surface area contributed by atoms with E-state index in [1.807, 2.05) is 13.8 Å². The maximum absolute atomic E-state index is 16.3. The van der Waals surface area contributed by atoms with E-state index in [2.05, 4.69) is 9.97 Å². The molecule has 1 aliphatic rings. The fourth-order valence-electron chi connectivity index (χ4n) is 6.08. The van der Waals surface area contributed by atoms with Gasteiger partial charge in [-0.15, -0.1) is 0 Å². The summed E-state index contributed by atoms with van der Waals surface area (Å²) in [4.78, 5) is 51.2. The molecule has 1 atom stereocenters. The quantitative estimate of drug-likeness (QED) is 0.196. The summed E-state index contributed by atoms with van der Waals surface area (Å²) in [6.45, 7) is 9.70. The van der Waals surface area contributed by atoms with Crippen molar-refractivity contribution < 1.29 is 33.1 Å². The fraction of sp³-hybridized carbons (Fsp3) is 0.412. The van der Waals surface area contributed by atoms with Crippen LogP contribution in [-0.2, 0) is 4.74 Å². The lowest BCUT2D eigenvalue weighted by molar-refractivity contribution is -0.385. The minimum absolute atomic E-state index is 0.00672. The van der Waals surface area contributed by atoms with Crippen LogP contribution in [0.25, 0.3) is 28.0 Å². The van der Waals surface area contributed by atoms with Crippen molar-refractivity contribution in [1.29, 1.82) is 0 Å². The summed E-state index contributed by atoms with van der Waals surface area (Å²) in [7, 11) is 1.29. The van der Waals surface area contributed by atoms with Crippen molar-refractivity contribution >= 4 is 28.5 Å². The predicted molar refractivity (Wildman–Crippen MR) is 179 cm³/mol. The van der Waals surface area contributed by atoms with Gasteiger partial charge in [0.25, 0.3) is 0 Å². The number of fused-ring (bicyclic) bond motifs is 1. The number of aromatic nitrogens is 3. The molecule has 1 N–H and O–H groups in total. The lowest BCUT2D eigenvalue weighted by atomic mass is 10.0. The SMILES string of the molecule is COc1cccc(F)c1-c1nc2c(cc1F)c(N1CCN(C(=O)OC(C)(C)C)C[C@@H]1CO)c([N+](=O)[O-])c(=O)n2-c1c(C)ccnc1C(C)C. The molecule has 1 amide bonds. The third kappa shape index (κ3) is 6.49. The van der Waals surface area contributed by atoms with Crippen LogP contribution < -0.4 is 15.2 Å². The maximum atomic E-state index is 16.3. The van der Waals surface area contributed by atoms with E-state index in [1.165, 1.54) is 29.0 Å². The number of nitrogens with zero attached hydrogens (tertiary/aromatic N) is 6. The number of aliphatic hydroxyl groups excluding tert-OH is 1. The summed E-state index contributed by atoms with van der Waals surface area (Å²) in [6.07, 6.45) is 0.896. The molecular weight excluding hydrogens is 642 g/mol. The number of aryl methyl sites for hydroxylation is 1. The summed E-state index contributed by atoms with van der Waals surface area (Å²) in [6, 6.07) is 5.55. The zero-order chi connectivity index (χ0) is 35.9. The molecule has 1 saturated heterocycles. The van der Waals surface area contributed by atoms with E-state index in [-0.39, 0.29) is 59.3 Å². The first kappa shape index (κ1) is 35.1. The van der Waals surface area contributed by atoms with Crippen molar-refractivity contribution in [3.05, 3.63) is 79.9 Å². The largest absolute Gasteiger partial charge is 0.496 e. The van der Waals surface area contributed by atoms with Crippen LogP contribution in [0.15, 0.2) is 41.3 Å². The van der Waals surface area contributed by atoms with Crippen LogP contribution >= 0.6 is 0 Å². The number of hydrogen-bond donors (Lipinski definition) is 1. The molecule has 0 saturated carbocycles. The Balaban J connectivity index is 1.88. The average molecular weight is 681 g/mol. The second-order valence-corrected chi connectivity index (χ2v) is 13.1. The molecule has 0 aliphatic carbocycles. The molecule has 5 rings (SSSR count). The van der Waals surface area contributed by atoms with Gasteiger partial charge in [-0.25, -0.2) is 18.6 Å². The Morgan fingerprint density at radius 2 is 1.88 bits per heavy atom. The number of piperazine rings is 1. The van der Waals surface area contributed by atoms with Gasteiger partial charge in [-0.3, -0.25) is 24.5 Å². The molecule has 15 heteroatoms. The first-order valence-electron chi connectivity index (χ1n) is 15.7. The third-order valence-corrected chi connectivity index (χ3v) is 8.22. The Hall–Kier alpha value is -5.18. The molecule has 0 radical (unpaired) electrons. The normalized spacial score (nSPS) is 15.2. The lowest BCUT2D eigenvalue weighted by Gasteiger charge is -2.42. The van der Waals surface area contributed by atoms with E-state index in [0.29, 0.717) is 11.3 Å². The monoisotopic (exact) mass is 680 g/mol. The average Bonchev–Trinajstić information content (AvgIpc) is 3.03. The molecule has 0 spiro atoms. The van der Waals surface area contributed by atoms with Gasteiger partial charge in [0.15, 0.2) is 11.5 Å². The molecule has 0 unspecified atom stereocenters. The summed E-state index contributed by atoms with van der Waals surface area (Å²) in [5.41, 5.74) is -2.95. The number of rotatable bonds is 7. The number of hydrogen-bond acceptors (Lipinski definition) is 10. The minimum Gasteiger partial charge on any atom is -0.496 e. The highest BCUT2D eigenvalue weighted by molar-refractivity contribution is 5.97. The first-order valence-corrected chi connectivity index (χ1v) is 15.7. The number of aliphatic hydroxyl groups is 1. The molecule has 13 nitrogen and oxygen atoms in total.